The van der Waals surface area contributed by atoms with Crippen LogP contribution in [-0.2, 0) is 0 Å². The highest BCUT2D eigenvalue weighted by molar-refractivity contribution is 4.94. The molecule has 2 saturated carbocycles. The Balaban J connectivity index is 2.15. The van der Waals surface area contributed by atoms with Gasteiger partial charge in [-0.1, -0.05) is 52.4 Å². The van der Waals surface area contributed by atoms with Gasteiger partial charge in [-0.05, 0) is 36.5 Å². The lowest BCUT2D eigenvalue weighted by molar-refractivity contribution is -0.00765. The SMILES string of the molecule is CCC1CCCC(C)C12CCCCC2. The van der Waals surface area contributed by atoms with Gasteiger partial charge in [0.25, 0.3) is 0 Å². The summed E-state index contributed by atoms with van der Waals surface area (Å²) >= 11 is 0. The maximum Gasteiger partial charge on any atom is -0.0244 e. The van der Waals surface area contributed by atoms with E-state index in [1.165, 1.54) is 44.9 Å². The highest BCUT2D eigenvalue weighted by atomic mass is 14.5. The second-order valence-corrected chi connectivity index (χ2v) is 5.73. The summed E-state index contributed by atoms with van der Waals surface area (Å²) in [5.41, 5.74) is 0.783. The molecule has 2 atom stereocenters. The van der Waals surface area contributed by atoms with Crippen molar-refractivity contribution in [2.45, 2.75) is 71.6 Å². The monoisotopic (exact) mass is 194 g/mol. The fourth-order valence-corrected chi connectivity index (χ4v) is 4.37. The van der Waals surface area contributed by atoms with Gasteiger partial charge in [0.15, 0.2) is 0 Å². The summed E-state index contributed by atoms with van der Waals surface area (Å²) in [7, 11) is 0. The Kier molecular flexibility index (Phi) is 3.19. The number of hydrogen-bond acceptors (Lipinski definition) is 0. The summed E-state index contributed by atoms with van der Waals surface area (Å²) in [4.78, 5) is 0. The maximum absolute atomic E-state index is 2.53. The molecular formula is C14H26. The van der Waals surface area contributed by atoms with E-state index < -0.39 is 0 Å². The highest BCUT2D eigenvalue weighted by Crippen LogP contribution is 2.55. The Bertz CT molecular complexity index is 176. The van der Waals surface area contributed by atoms with Crippen molar-refractivity contribution in [1.82, 2.24) is 0 Å². The van der Waals surface area contributed by atoms with Gasteiger partial charge >= 0.3 is 0 Å². The van der Waals surface area contributed by atoms with E-state index in [0.717, 1.165) is 17.3 Å². The van der Waals surface area contributed by atoms with Crippen molar-refractivity contribution in [3.8, 4) is 0 Å². The van der Waals surface area contributed by atoms with E-state index in [1.807, 2.05) is 0 Å². The van der Waals surface area contributed by atoms with Crippen molar-refractivity contribution in [2.75, 3.05) is 0 Å². The molecule has 2 unspecified atom stereocenters. The Morgan fingerprint density at radius 1 is 1.00 bits per heavy atom. The molecule has 2 rings (SSSR count). The summed E-state index contributed by atoms with van der Waals surface area (Å²) in [6.45, 7) is 4.95. The van der Waals surface area contributed by atoms with E-state index in [9.17, 15) is 0 Å². The third-order valence-electron chi connectivity index (χ3n) is 5.26. The molecule has 0 aromatic rings. The van der Waals surface area contributed by atoms with Gasteiger partial charge in [0.2, 0.25) is 0 Å². The molecule has 82 valence electrons. The Hall–Kier alpha value is 0. The molecule has 0 saturated heterocycles. The van der Waals surface area contributed by atoms with Crippen LogP contribution >= 0.6 is 0 Å². The smallest absolute Gasteiger partial charge is 0.0244 e. The van der Waals surface area contributed by atoms with Gasteiger partial charge in [0, 0.05) is 0 Å². The van der Waals surface area contributed by atoms with Gasteiger partial charge in [-0.15, -0.1) is 0 Å². The summed E-state index contributed by atoms with van der Waals surface area (Å²) in [5.74, 6) is 2.08. The van der Waals surface area contributed by atoms with E-state index in [2.05, 4.69) is 13.8 Å². The minimum Gasteiger partial charge on any atom is -0.0651 e. The lowest BCUT2D eigenvalue weighted by Gasteiger charge is -2.51. The van der Waals surface area contributed by atoms with Crippen molar-refractivity contribution in [1.29, 1.82) is 0 Å². The van der Waals surface area contributed by atoms with Crippen LogP contribution in [-0.4, -0.2) is 0 Å². The Morgan fingerprint density at radius 2 is 1.71 bits per heavy atom. The van der Waals surface area contributed by atoms with Crippen LogP contribution in [0, 0.1) is 17.3 Å². The average molecular weight is 194 g/mol. The normalized spacial score (nSPS) is 37.3. The zero-order chi connectivity index (χ0) is 10.0. The van der Waals surface area contributed by atoms with Crippen molar-refractivity contribution < 1.29 is 0 Å². The molecule has 0 aromatic carbocycles. The van der Waals surface area contributed by atoms with Gasteiger partial charge in [0.1, 0.15) is 0 Å². The number of rotatable bonds is 1. The quantitative estimate of drug-likeness (QED) is 0.563. The Morgan fingerprint density at radius 3 is 2.36 bits per heavy atom. The highest BCUT2D eigenvalue weighted by Gasteiger charge is 2.44. The maximum atomic E-state index is 2.53. The molecule has 0 N–H and O–H groups in total. The predicted molar refractivity (Wildman–Crippen MR) is 62.3 cm³/mol. The fourth-order valence-electron chi connectivity index (χ4n) is 4.37. The van der Waals surface area contributed by atoms with E-state index in [4.69, 9.17) is 0 Å². The average Bonchev–Trinajstić information content (AvgIpc) is 2.24. The van der Waals surface area contributed by atoms with Crippen LogP contribution in [0.5, 0.6) is 0 Å². The van der Waals surface area contributed by atoms with Gasteiger partial charge in [-0.2, -0.15) is 0 Å². The van der Waals surface area contributed by atoms with Crippen LogP contribution in [0.4, 0.5) is 0 Å². The lowest BCUT2D eigenvalue weighted by atomic mass is 9.54. The standard InChI is InChI=1S/C14H26/c1-3-13-9-7-8-12(2)14(13)10-5-4-6-11-14/h12-13H,3-11H2,1-2H3. The van der Waals surface area contributed by atoms with Crippen LogP contribution < -0.4 is 0 Å². The predicted octanol–water partition coefficient (Wildman–Crippen LogP) is 4.78. The second-order valence-electron chi connectivity index (χ2n) is 5.73. The van der Waals surface area contributed by atoms with Crippen molar-refractivity contribution in [3.63, 3.8) is 0 Å². The Labute approximate surface area is 89.5 Å². The summed E-state index contributed by atoms with van der Waals surface area (Å²) in [5, 5.41) is 0. The number of hydrogen-bond donors (Lipinski definition) is 0. The van der Waals surface area contributed by atoms with Gasteiger partial charge in [-0.3, -0.25) is 0 Å². The summed E-state index contributed by atoms with van der Waals surface area (Å²) in [6, 6.07) is 0. The fraction of sp³-hybridized carbons (Fsp3) is 1.00. The molecule has 2 aliphatic rings. The molecule has 0 aliphatic heterocycles. The van der Waals surface area contributed by atoms with E-state index in [1.54, 1.807) is 12.8 Å². The molecule has 14 heavy (non-hydrogen) atoms. The molecular weight excluding hydrogens is 168 g/mol. The van der Waals surface area contributed by atoms with Gasteiger partial charge in [-0.25, -0.2) is 0 Å². The molecule has 0 amide bonds. The molecule has 0 heteroatoms. The first-order chi connectivity index (χ1) is 6.79. The molecule has 0 radical (unpaired) electrons. The molecule has 0 bridgehead atoms. The first-order valence-electron chi connectivity index (χ1n) is 6.79. The van der Waals surface area contributed by atoms with Crippen LogP contribution in [0.25, 0.3) is 0 Å². The minimum atomic E-state index is 0.783. The molecule has 0 aromatic heterocycles. The summed E-state index contributed by atoms with van der Waals surface area (Å²) in [6.07, 6.45) is 13.6. The third-order valence-corrected chi connectivity index (χ3v) is 5.26. The van der Waals surface area contributed by atoms with E-state index >= 15 is 0 Å². The van der Waals surface area contributed by atoms with Crippen LogP contribution in [0.1, 0.15) is 71.6 Å². The van der Waals surface area contributed by atoms with Gasteiger partial charge < -0.3 is 0 Å². The van der Waals surface area contributed by atoms with Crippen LogP contribution in [0.15, 0.2) is 0 Å². The molecule has 1 spiro atoms. The summed E-state index contributed by atoms with van der Waals surface area (Å²) < 4.78 is 0. The first kappa shape index (κ1) is 10.5. The van der Waals surface area contributed by atoms with Crippen LogP contribution in [0.2, 0.25) is 0 Å². The van der Waals surface area contributed by atoms with Crippen molar-refractivity contribution in [2.24, 2.45) is 17.3 Å². The molecule has 0 heterocycles. The topological polar surface area (TPSA) is 0 Å². The molecule has 2 aliphatic carbocycles. The first-order valence-corrected chi connectivity index (χ1v) is 6.79. The third kappa shape index (κ3) is 1.61. The minimum absolute atomic E-state index is 0.783. The van der Waals surface area contributed by atoms with Crippen molar-refractivity contribution in [3.05, 3.63) is 0 Å². The van der Waals surface area contributed by atoms with Crippen molar-refractivity contribution >= 4 is 0 Å². The molecule has 0 nitrogen and oxygen atoms in total. The lowest BCUT2D eigenvalue weighted by Crippen LogP contribution is -2.41. The van der Waals surface area contributed by atoms with E-state index in [-0.39, 0.29) is 0 Å². The zero-order valence-electron chi connectivity index (χ0n) is 10.0. The molecule has 2 fully saturated rings. The zero-order valence-corrected chi connectivity index (χ0v) is 10.0. The largest absolute Gasteiger partial charge is 0.0651 e. The van der Waals surface area contributed by atoms with Crippen LogP contribution in [0.3, 0.4) is 0 Å². The second kappa shape index (κ2) is 4.24. The van der Waals surface area contributed by atoms with E-state index in [0.29, 0.717) is 0 Å². The van der Waals surface area contributed by atoms with Gasteiger partial charge in [0.05, 0.1) is 0 Å².